The molecular formula is C12H19ClN2OS. The van der Waals surface area contributed by atoms with Gasteiger partial charge in [-0.05, 0) is 27.3 Å². The molecule has 1 aliphatic rings. The van der Waals surface area contributed by atoms with Crippen LogP contribution in [0.2, 0.25) is 0 Å². The Bertz CT molecular complexity index is 371. The van der Waals surface area contributed by atoms with Gasteiger partial charge in [0, 0.05) is 18.0 Å². The Hall–Kier alpha value is -0.160. The Morgan fingerprint density at radius 1 is 1.71 bits per heavy atom. The average molecular weight is 275 g/mol. The Morgan fingerprint density at radius 3 is 3.00 bits per heavy atom. The molecule has 0 radical (unpaired) electrons. The highest BCUT2D eigenvalue weighted by Crippen LogP contribution is 2.29. The molecule has 2 rings (SSSR count). The van der Waals surface area contributed by atoms with Gasteiger partial charge in [0.1, 0.15) is 5.01 Å². The molecule has 1 fully saturated rings. The van der Waals surface area contributed by atoms with E-state index in [1.165, 1.54) is 0 Å². The first-order chi connectivity index (χ1) is 8.13. The second kappa shape index (κ2) is 5.65. The summed E-state index contributed by atoms with van der Waals surface area (Å²) < 4.78 is 5.62. The summed E-state index contributed by atoms with van der Waals surface area (Å²) in [5.41, 5.74) is 0.975. The van der Waals surface area contributed by atoms with E-state index >= 15 is 0 Å². The fraction of sp³-hybridized carbons (Fsp3) is 0.750. The average Bonchev–Trinajstić information content (AvgIpc) is 2.95. The van der Waals surface area contributed by atoms with Crippen molar-refractivity contribution in [3.05, 3.63) is 16.1 Å². The van der Waals surface area contributed by atoms with E-state index in [-0.39, 0.29) is 0 Å². The lowest BCUT2D eigenvalue weighted by atomic mass is 10.1. The van der Waals surface area contributed by atoms with Crippen molar-refractivity contribution in [1.29, 1.82) is 0 Å². The quantitative estimate of drug-likeness (QED) is 0.789. The van der Waals surface area contributed by atoms with Crippen molar-refractivity contribution >= 4 is 22.9 Å². The van der Waals surface area contributed by atoms with Gasteiger partial charge >= 0.3 is 0 Å². The molecule has 3 unspecified atom stereocenters. The van der Waals surface area contributed by atoms with Crippen molar-refractivity contribution in [3.63, 3.8) is 0 Å². The molecule has 0 N–H and O–H groups in total. The van der Waals surface area contributed by atoms with Crippen LogP contribution >= 0.6 is 22.9 Å². The van der Waals surface area contributed by atoms with E-state index in [4.69, 9.17) is 16.3 Å². The van der Waals surface area contributed by atoms with Gasteiger partial charge in [0.15, 0.2) is 0 Å². The highest BCUT2D eigenvalue weighted by atomic mass is 35.5. The molecule has 0 amide bonds. The molecule has 0 spiro atoms. The first kappa shape index (κ1) is 13.3. The molecule has 0 bridgehead atoms. The topological polar surface area (TPSA) is 25.4 Å². The van der Waals surface area contributed by atoms with Crippen LogP contribution in [0, 0.1) is 0 Å². The maximum Gasteiger partial charge on any atom is 0.110 e. The van der Waals surface area contributed by atoms with E-state index in [0.717, 1.165) is 23.7 Å². The Kier molecular flexibility index (Phi) is 4.42. The molecule has 0 aromatic carbocycles. The highest BCUT2D eigenvalue weighted by molar-refractivity contribution is 7.09. The van der Waals surface area contributed by atoms with Crippen LogP contribution in [0.1, 0.15) is 37.0 Å². The number of hydrogen-bond acceptors (Lipinski definition) is 4. The molecular weight excluding hydrogens is 256 g/mol. The van der Waals surface area contributed by atoms with Gasteiger partial charge in [-0.15, -0.1) is 22.9 Å². The Labute approximate surface area is 112 Å². The first-order valence-corrected chi connectivity index (χ1v) is 7.38. The third-order valence-corrected chi connectivity index (χ3v) is 4.87. The van der Waals surface area contributed by atoms with Gasteiger partial charge in [-0.3, -0.25) is 4.90 Å². The van der Waals surface area contributed by atoms with E-state index < -0.39 is 0 Å². The fourth-order valence-corrected chi connectivity index (χ4v) is 3.45. The summed E-state index contributed by atoms with van der Waals surface area (Å²) in [6.07, 6.45) is 1.42. The molecule has 17 heavy (non-hydrogen) atoms. The summed E-state index contributed by atoms with van der Waals surface area (Å²) >= 11 is 7.48. The largest absolute Gasteiger partial charge is 0.377 e. The molecule has 0 saturated carbocycles. The predicted octanol–water partition coefficient (Wildman–Crippen LogP) is 3.05. The van der Waals surface area contributed by atoms with Gasteiger partial charge in [0.25, 0.3) is 0 Å². The van der Waals surface area contributed by atoms with Gasteiger partial charge in [-0.25, -0.2) is 4.98 Å². The lowest BCUT2D eigenvalue weighted by Crippen LogP contribution is -2.38. The van der Waals surface area contributed by atoms with Gasteiger partial charge in [-0.1, -0.05) is 0 Å². The smallest absolute Gasteiger partial charge is 0.110 e. The summed E-state index contributed by atoms with van der Waals surface area (Å²) in [5.74, 6) is 0.496. The van der Waals surface area contributed by atoms with Gasteiger partial charge in [-0.2, -0.15) is 0 Å². The first-order valence-electron chi connectivity index (χ1n) is 5.97. The number of halogens is 1. The van der Waals surface area contributed by atoms with Crippen LogP contribution in [-0.2, 0) is 10.6 Å². The number of aromatic nitrogens is 1. The number of nitrogens with zero attached hydrogens (tertiary/aromatic N) is 2. The van der Waals surface area contributed by atoms with Crippen LogP contribution in [0.5, 0.6) is 0 Å². The normalized spacial score (nSPS) is 26.6. The number of ether oxygens (including phenoxy) is 1. The van der Waals surface area contributed by atoms with Crippen LogP contribution < -0.4 is 0 Å². The van der Waals surface area contributed by atoms with Crippen LogP contribution in [0.15, 0.2) is 5.38 Å². The summed E-state index contributed by atoms with van der Waals surface area (Å²) in [5, 5.41) is 3.18. The Morgan fingerprint density at radius 2 is 2.47 bits per heavy atom. The second-order valence-electron chi connectivity index (χ2n) is 4.58. The van der Waals surface area contributed by atoms with Crippen molar-refractivity contribution in [1.82, 2.24) is 9.88 Å². The number of alkyl halides is 1. The molecule has 1 aromatic heterocycles. The Balaban J connectivity index is 2.05. The molecule has 1 aromatic rings. The molecule has 0 aliphatic carbocycles. The van der Waals surface area contributed by atoms with E-state index in [0.29, 0.717) is 24.1 Å². The number of hydrogen-bond donors (Lipinski definition) is 0. The lowest BCUT2D eigenvalue weighted by Gasteiger charge is -2.31. The lowest BCUT2D eigenvalue weighted by molar-refractivity contribution is 0.0703. The molecule has 5 heteroatoms. The third kappa shape index (κ3) is 2.81. The van der Waals surface area contributed by atoms with E-state index in [2.05, 4.69) is 30.8 Å². The van der Waals surface area contributed by atoms with Crippen molar-refractivity contribution in [2.45, 2.75) is 44.3 Å². The highest BCUT2D eigenvalue weighted by Gasteiger charge is 2.31. The van der Waals surface area contributed by atoms with E-state index in [1.807, 2.05) is 5.38 Å². The maximum atomic E-state index is 5.79. The van der Waals surface area contributed by atoms with Crippen LogP contribution in [0.25, 0.3) is 0 Å². The standard InChI is InChI=1S/C12H19ClN2OS/c1-8(12-14-10(6-13)7-17-12)15(3)11-4-5-16-9(11)2/h7-9,11H,4-6H2,1-3H3. The second-order valence-corrected chi connectivity index (χ2v) is 5.74. The minimum atomic E-state index is 0.315. The minimum Gasteiger partial charge on any atom is -0.377 e. The number of rotatable bonds is 4. The zero-order valence-corrected chi connectivity index (χ0v) is 12.1. The molecule has 3 atom stereocenters. The molecule has 1 aliphatic heterocycles. The van der Waals surface area contributed by atoms with Gasteiger partial charge in [0.05, 0.1) is 23.7 Å². The maximum absolute atomic E-state index is 5.79. The van der Waals surface area contributed by atoms with Crippen molar-refractivity contribution in [2.75, 3.05) is 13.7 Å². The zero-order valence-electron chi connectivity index (χ0n) is 10.5. The van der Waals surface area contributed by atoms with Crippen LogP contribution in [0.3, 0.4) is 0 Å². The van der Waals surface area contributed by atoms with Gasteiger partial charge in [0.2, 0.25) is 0 Å². The minimum absolute atomic E-state index is 0.315. The van der Waals surface area contributed by atoms with Crippen LogP contribution in [-0.4, -0.2) is 35.7 Å². The zero-order chi connectivity index (χ0) is 12.4. The van der Waals surface area contributed by atoms with Gasteiger partial charge < -0.3 is 4.74 Å². The van der Waals surface area contributed by atoms with Crippen molar-refractivity contribution < 1.29 is 4.74 Å². The summed E-state index contributed by atoms with van der Waals surface area (Å²) in [4.78, 5) is 6.92. The molecule has 1 saturated heterocycles. The number of thiazole rings is 1. The molecule has 96 valence electrons. The van der Waals surface area contributed by atoms with Crippen molar-refractivity contribution in [2.24, 2.45) is 0 Å². The predicted molar refractivity (Wildman–Crippen MR) is 71.7 cm³/mol. The monoisotopic (exact) mass is 274 g/mol. The fourth-order valence-electron chi connectivity index (χ4n) is 2.29. The summed E-state index contributed by atoms with van der Waals surface area (Å²) in [7, 11) is 2.16. The van der Waals surface area contributed by atoms with E-state index in [1.54, 1.807) is 11.3 Å². The van der Waals surface area contributed by atoms with Crippen LogP contribution in [0.4, 0.5) is 0 Å². The number of likely N-dealkylation sites (N-methyl/N-ethyl adjacent to an activating group) is 1. The summed E-state index contributed by atoms with van der Waals surface area (Å²) in [6, 6.07) is 0.819. The molecule has 2 heterocycles. The third-order valence-electron chi connectivity index (χ3n) is 3.53. The SMILES string of the molecule is CC1OCCC1N(C)C(C)c1nc(CCl)cs1. The van der Waals surface area contributed by atoms with Crippen molar-refractivity contribution in [3.8, 4) is 0 Å². The summed E-state index contributed by atoms with van der Waals surface area (Å²) in [6.45, 7) is 5.21. The van der Waals surface area contributed by atoms with E-state index in [9.17, 15) is 0 Å². The molecule has 3 nitrogen and oxygen atoms in total.